The van der Waals surface area contributed by atoms with Gasteiger partial charge in [0.2, 0.25) is 11.8 Å². The zero-order chi connectivity index (χ0) is 15.7. The van der Waals surface area contributed by atoms with Crippen LogP contribution in [0.1, 0.15) is 19.3 Å². The summed E-state index contributed by atoms with van der Waals surface area (Å²) in [6.07, 6.45) is 2.75. The highest BCUT2D eigenvalue weighted by atomic mass is 35.5. The minimum atomic E-state index is -0.506. The Hall–Kier alpha value is -1.66. The normalized spacial score (nSPS) is 20.3. The first-order chi connectivity index (χ1) is 10.6. The molecule has 1 heterocycles. The Bertz CT molecular complexity index is 594. The van der Waals surface area contributed by atoms with Gasteiger partial charge in [-0.3, -0.25) is 9.59 Å². The van der Waals surface area contributed by atoms with Crippen molar-refractivity contribution >= 4 is 29.9 Å². The fraction of sp³-hybridized carbons (Fsp3) is 0.500. The molecule has 1 saturated carbocycles. The molecule has 1 aliphatic heterocycles. The van der Waals surface area contributed by atoms with Crippen LogP contribution in [-0.4, -0.2) is 48.9 Å². The first-order valence-corrected chi connectivity index (χ1v) is 7.63. The molecule has 0 bridgehead atoms. The van der Waals surface area contributed by atoms with Crippen LogP contribution >= 0.6 is 12.4 Å². The number of hydrogen-bond acceptors (Lipinski definition) is 3. The fourth-order valence-electron chi connectivity index (χ4n) is 2.75. The molecule has 1 aromatic carbocycles. The summed E-state index contributed by atoms with van der Waals surface area (Å²) in [6, 6.07) is 6.17. The number of hydrogen-bond donors (Lipinski definition) is 1. The molecule has 2 aliphatic rings. The summed E-state index contributed by atoms with van der Waals surface area (Å²) in [5, 5.41) is 3.15. The smallest absolute Gasteiger partial charge is 0.249 e. The van der Waals surface area contributed by atoms with E-state index in [-0.39, 0.29) is 36.5 Å². The van der Waals surface area contributed by atoms with Crippen molar-refractivity contribution in [1.82, 2.24) is 10.2 Å². The third-order valence-electron chi connectivity index (χ3n) is 4.30. The maximum Gasteiger partial charge on any atom is 0.249 e. The molecule has 3 rings (SSSR count). The molecule has 2 fully saturated rings. The Morgan fingerprint density at radius 2 is 2.04 bits per heavy atom. The summed E-state index contributed by atoms with van der Waals surface area (Å²) in [4.78, 5) is 27.5. The van der Waals surface area contributed by atoms with Gasteiger partial charge in [0.25, 0.3) is 0 Å². The van der Waals surface area contributed by atoms with Gasteiger partial charge >= 0.3 is 0 Å². The van der Waals surface area contributed by atoms with Gasteiger partial charge in [0.15, 0.2) is 0 Å². The minimum Gasteiger partial charge on any atom is -0.333 e. The van der Waals surface area contributed by atoms with E-state index in [1.165, 1.54) is 15.9 Å². The molecule has 5 nitrogen and oxygen atoms in total. The topological polar surface area (TPSA) is 52.7 Å². The second kappa shape index (κ2) is 7.27. The third-order valence-corrected chi connectivity index (χ3v) is 4.30. The van der Waals surface area contributed by atoms with Gasteiger partial charge in [-0.25, -0.2) is 4.39 Å². The maximum atomic E-state index is 13.8. The first-order valence-electron chi connectivity index (χ1n) is 7.63. The van der Waals surface area contributed by atoms with Crippen molar-refractivity contribution in [2.75, 3.05) is 25.0 Å². The molecule has 2 amide bonds. The highest BCUT2D eigenvalue weighted by molar-refractivity contribution is 6.01. The summed E-state index contributed by atoms with van der Waals surface area (Å²) in [5.74, 6) is -0.728. The molecule has 7 heteroatoms. The van der Waals surface area contributed by atoms with Gasteiger partial charge in [-0.05, 0) is 31.4 Å². The molecule has 1 aliphatic carbocycles. The summed E-state index contributed by atoms with van der Waals surface area (Å²) >= 11 is 0. The number of nitrogens with one attached hydrogen (secondary N) is 1. The lowest BCUT2D eigenvalue weighted by molar-refractivity contribution is -0.136. The van der Waals surface area contributed by atoms with E-state index >= 15 is 0 Å². The van der Waals surface area contributed by atoms with Crippen LogP contribution < -0.4 is 10.2 Å². The number of rotatable bonds is 5. The Balaban J connectivity index is 0.00000192. The molecular formula is C16H21ClFN3O2. The van der Waals surface area contributed by atoms with Crippen molar-refractivity contribution in [2.24, 2.45) is 0 Å². The first kappa shape index (κ1) is 17.7. The third kappa shape index (κ3) is 3.82. The van der Waals surface area contributed by atoms with Gasteiger partial charge in [-0.1, -0.05) is 12.1 Å². The van der Waals surface area contributed by atoms with E-state index < -0.39 is 11.9 Å². The lowest BCUT2D eigenvalue weighted by Gasteiger charge is -2.24. The largest absolute Gasteiger partial charge is 0.333 e. The Labute approximate surface area is 141 Å². The van der Waals surface area contributed by atoms with E-state index in [0.29, 0.717) is 19.0 Å². The molecule has 0 aromatic heterocycles. The molecule has 1 saturated heterocycles. The molecular weight excluding hydrogens is 321 g/mol. The number of nitrogens with zero attached hydrogens (tertiary/aromatic N) is 2. The van der Waals surface area contributed by atoms with Crippen molar-refractivity contribution in [2.45, 2.75) is 31.3 Å². The molecule has 1 unspecified atom stereocenters. The van der Waals surface area contributed by atoms with E-state index in [4.69, 9.17) is 0 Å². The zero-order valence-electron chi connectivity index (χ0n) is 13.0. The maximum absolute atomic E-state index is 13.8. The van der Waals surface area contributed by atoms with Crippen LogP contribution in [0.4, 0.5) is 10.1 Å². The summed E-state index contributed by atoms with van der Waals surface area (Å²) in [6.45, 7) is 0.683. The van der Waals surface area contributed by atoms with Gasteiger partial charge in [-0.2, -0.15) is 0 Å². The van der Waals surface area contributed by atoms with E-state index in [1.54, 1.807) is 25.2 Å². The van der Waals surface area contributed by atoms with Crippen molar-refractivity contribution in [3.63, 3.8) is 0 Å². The number of anilines is 1. The summed E-state index contributed by atoms with van der Waals surface area (Å²) in [7, 11) is 1.64. The van der Waals surface area contributed by atoms with Crippen molar-refractivity contribution in [1.29, 1.82) is 0 Å². The Kier molecular flexibility index (Phi) is 5.59. The van der Waals surface area contributed by atoms with Crippen LogP contribution in [0.15, 0.2) is 24.3 Å². The number of carbonyl (C=O) groups excluding carboxylic acids is 2. The van der Waals surface area contributed by atoms with E-state index in [0.717, 1.165) is 12.8 Å². The SMILES string of the molecule is CN(C(=O)CNC1CC1)C1CCN(c2ccccc2F)C1=O.Cl. The van der Waals surface area contributed by atoms with Crippen LogP contribution in [0.2, 0.25) is 0 Å². The molecule has 1 atom stereocenters. The highest BCUT2D eigenvalue weighted by Crippen LogP contribution is 2.26. The molecule has 126 valence electrons. The van der Waals surface area contributed by atoms with E-state index in [1.807, 2.05) is 0 Å². The van der Waals surface area contributed by atoms with Gasteiger partial charge in [0, 0.05) is 19.6 Å². The number of benzene rings is 1. The molecule has 23 heavy (non-hydrogen) atoms. The summed E-state index contributed by atoms with van der Waals surface area (Å²) in [5.41, 5.74) is 0.284. The van der Waals surface area contributed by atoms with E-state index in [2.05, 4.69) is 5.32 Å². The highest BCUT2D eigenvalue weighted by Gasteiger charge is 2.38. The van der Waals surface area contributed by atoms with Crippen molar-refractivity contribution in [3.05, 3.63) is 30.1 Å². The number of likely N-dealkylation sites (N-methyl/N-ethyl adjacent to an activating group) is 1. The predicted molar refractivity (Wildman–Crippen MR) is 88.2 cm³/mol. The Morgan fingerprint density at radius 1 is 1.35 bits per heavy atom. The zero-order valence-corrected chi connectivity index (χ0v) is 13.8. The average Bonchev–Trinajstić information content (AvgIpc) is 3.27. The van der Waals surface area contributed by atoms with Crippen LogP contribution in [0, 0.1) is 5.82 Å². The fourth-order valence-corrected chi connectivity index (χ4v) is 2.75. The summed E-state index contributed by atoms with van der Waals surface area (Å²) < 4.78 is 13.8. The van der Waals surface area contributed by atoms with Crippen LogP contribution in [-0.2, 0) is 9.59 Å². The number of halogens is 2. The quantitative estimate of drug-likeness (QED) is 0.884. The minimum absolute atomic E-state index is 0. The van der Waals surface area contributed by atoms with Crippen LogP contribution in [0.5, 0.6) is 0 Å². The van der Waals surface area contributed by atoms with Gasteiger partial charge < -0.3 is 15.1 Å². The molecule has 0 radical (unpaired) electrons. The number of carbonyl (C=O) groups is 2. The number of para-hydroxylation sites is 1. The lowest BCUT2D eigenvalue weighted by Crippen LogP contribution is -2.46. The van der Waals surface area contributed by atoms with Gasteiger partial charge in [0.05, 0.1) is 12.2 Å². The lowest BCUT2D eigenvalue weighted by atomic mass is 10.2. The van der Waals surface area contributed by atoms with Crippen LogP contribution in [0.25, 0.3) is 0 Å². The monoisotopic (exact) mass is 341 g/mol. The van der Waals surface area contributed by atoms with Crippen molar-refractivity contribution in [3.8, 4) is 0 Å². The van der Waals surface area contributed by atoms with E-state index in [9.17, 15) is 14.0 Å². The second-order valence-corrected chi connectivity index (χ2v) is 5.91. The standard InChI is InChI=1S/C16H20FN3O2.ClH/c1-19(15(21)10-18-11-6-7-11)14-8-9-20(16(14)22)13-5-3-2-4-12(13)17;/h2-5,11,14,18H,6-10H2,1H3;1H. The van der Waals surface area contributed by atoms with Crippen molar-refractivity contribution < 1.29 is 14.0 Å². The number of amides is 2. The second-order valence-electron chi connectivity index (χ2n) is 5.91. The Morgan fingerprint density at radius 3 is 2.70 bits per heavy atom. The van der Waals surface area contributed by atoms with Gasteiger partial charge in [-0.15, -0.1) is 12.4 Å². The molecule has 1 N–H and O–H groups in total. The van der Waals surface area contributed by atoms with Crippen LogP contribution in [0.3, 0.4) is 0 Å². The average molecular weight is 342 g/mol. The molecule has 1 aromatic rings. The molecule has 0 spiro atoms. The van der Waals surface area contributed by atoms with Gasteiger partial charge in [0.1, 0.15) is 11.9 Å². The predicted octanol–water partition coefficient (Wildman–Crippen LogP) is 1.56.